The normalized spacial score (nSPS) is 15.2. The van der Waals surface area contributed by atoms with Crippen molar-refractivity contribution in [2.75, 3.05) is 89.6 Å². The molecule has 2 saturated heterocycles. The highest BCUT2D eigenvalue weighted by molar-refractivity contribution is 7.89. The molecule has 6 aromatic rings. The van der Waals surface area contributed by atoms with Gasteiger partial charge in [0.05, 0.1) is 35.1 Å². The van der Waals surface area contributed by atoms with E-state index in [1.807, 2.05) is 67.5 Å². The summed E-state index contributed by atoms with van der Waals surface area (Å²) in [4.78, 5) is 45.0. The highest BCUT2D eigenvalue weighted by atomic mass is 35.5. The summed E-state index contributed by atoms with van der Waals surface area (Å²) in [6, 6.07) is 16.9. The molecule has 0 spiro atoms. The number of halogens is 3. The molecule has 2 aromatic heterocycles. The number of sulfonamides is 2. The molecule has 5 N–H and O–H groups in total. The van der Waals surface area contributed by atoms with Crippen LogP contribution in [-0.2, 0) is 29.5 Å². The molecule has 0 bridgehead atoms. The Morgan fingerprint density at radius 3 is 1.45 bits per heavy atom. The maximum Gasteiger partial charge on any atom is 0.410 e. The quantitative estimate of drug-likeness (QED) is 0.0654. The van der Waals surface area contributed by atoms with Gasteiger partial charge in [0.2, 0.25) is 44.9 Å². The molecule has 10 rings (SSSR count). The summed E-state index contributed by atoms with van der Waals surface area (Å²) in [7, 11) is -1.47. The molecule has 0 atom stereocenters. The van der Waals surface area contributed by atoms with Crippen LogP contribution >= 0.6 is 34.8 Å². The Balaban J connectivity index is 0.000000191. The Morgan fingerprint density at radius 1 is 0.584 bits per heavy atom. The number of ether oxygens (including phenoxy) is 6. The second-order valence-corrected chi connectivity index (χ2v) is 29.0. The van der Waals surface area contributed by atoms with Crippen LogP contribution in [0.5, 0.6) is 23.0 Å². The number of amides is 2. The topological polar surface area (TPSA) is 284 Å². The molecular formula is C60H75Cl3N12O12S2. The van der Waals surface area contributed by atoms with Crippen molar-refractivity contribution in [3.05, 3.63) is 111 Å². The highest BCUT2D eigenvalue weighted by Crippen LogP contribution is 2.50. The standard InChI is InChI=1S/C30H37ClN6O6S.C18H26N2O4.C12H12Cl2N4O2S/c1-18-15-22(25-26(42-17-41-25)24(18)19-11-13-37(14-12-19)29(38)43-30(2,3)4)34-28-32-16-20(31)27(35-28)33-21-9-7-8-10-23(21)44(39,40)36(5)6;1-11-9-13(19)15-16(23-10-22-15)14(11)12-5-7-20(8-6-12)17(21)24-18(2,3)4;1-18(2)21(19,20)10-6-4-3-5-9(10)16-11-8(13)7-15-12(14)17-11/h7-10,15-16,19H,11-14,17H2,1-6H3,(H2,32,33,34,35);9,12H,5-8,10,19H2,1-4H3;3-7H,1-2H3,(H,15,16,17). The van der Waals surface area contributed by atoms with E-state index in [4.69, 9.17) is 69.0 Å². The van der Waals surface area contributed by atoms with Crippen molar-refractivity contribution in [2.24, 2.45) is 0 Å². The fraction of sp³-hybridized carbons (Fsp3) is 0.433. The van der Waals surface area contributed by atoms with Gasteiger partial charge in [0, 0.05) is 65.5 Å². The maximum absolute atomic E-state index is 12.9. The first-order chi connectivity index (χ1) is 41.8. The lowest BCUT2D eigenvalue weighted by Crippen LogP contribution is -2.41. The van der Waals surface area contributed by atoms with E-state index in [-0.39, 0.29) is 74.4 Å². The first-order valence-electron chi connectivity index (χ1n) is 28.4. The molecule has 0 unspecified atom stereocenters. The molecule has 4 aromatic carbocycles. The molecule has 89 heavy (non-hydrogen) atoms. The van der Waals surface area contributed by atoms with Crippen LogP contribution in [0.15, 0.2) is 82.8 Å². The number of nitrogens with two attached hydrogens (primary N) is 1. The zero-order valence-electron chi connectivity index (χ0n) is 51.7. The first-order valence-corrected chi connectivity index (χ1v) is 32.5. The van der Waals surface area contributed by atoms with Crippen LogP contribution in [0.1, 0.15) is 101 Å². The van der Waals surface area contributed by atoms with Gasteiger partial charge in [0.1, 0.15) is 31.0 Å². The van der Waals surface area contributed by atoms with Gasteiger partial charge in [-0.25, -0.2) is 45.0 Å². The summed E-state index contributed by atoms with van der Waals surface area (Å²) in [6.07, 6.45) is 5.52. The number of nitrogens with zero attached hydrogens (tertiary/aromatic N) is 8. The second-order valence-electron chi connectivity index (χ2n) is 23.6. The predicted molar refractivity (Wildman–Crippen MR) is 342 cm³/mol. The Morgan fingerprint density at radius 2 is 0.989 bits per heavy atom. The lowest BCUT2D eigenvalue weighted by molar-refractivity contribution is 0.0194. The van der Waals surface area contributed by atoms with Crippen molar-refractivity contribution in [1.29, 1.82) is 0 Å². The third-order valence-corrected chi connectivity index (χ3v) is 18.9. The van der Waals surface area contributed by atoms with Crippen LogP contribution in [0.4, 0.5) is 49.9 Å². The van der Waals surface area contributed by atoms with Crippen LogP contribution in [-0.4, -0.2) is 147 Å². The minimum atomic E-state index is -3.73. The van der Waals surface area contributed by atoms with Gasteiger partial charge in [0.25, 0.3) is 0 Å². The third kappa shape index (κ3) is 16.4. The fourth-order valence-electron chi connectivity index (χ4n) is 10.2. The zero-order valence-corrected chi connectivity index (χ0v) is 55.6. The monoisotopic (exact) mass is 1320 g/mol. The van der Waals surface area contributed by atoms with Gasteiger partial charge in [0.15, 0.2) is 34.6 Å². The number of nitrogen functional groups attached to an aromatic ring is 1. The van der Waals surface area contributed by atoms with Gasteiger partial charge < -0.3 is 59.9 Å². The van der Waals surface area contributed by atoms with Gasteiger partial charge in [-0.3, -0.25) is 0 Å². The molecular weight excluding hydrogens is 1250 g/mol. The molecule has 480 valence electrons. The number of rotatable bonds is 12. The zero-order chi connectivity index (χ0) is 64.9. The van der Waals surface area contributed by atoms with E-state index < -0.39 is 31.2 Å². The number of carbonyl (C=O) groups is 2. The minimum absolute atomic E-state index is 0.00912. The van der Waals surface area contributed by atoms with Crippen LogP contribution in [0.2, 0.25) is 15.3 Å². The molecule has 4 aliphatic heterocycles. The van der Waals surface area contributed by atoms with Crippen molar-refractivity contribution in [1.82, 2.24) is 38.3 Å². The lowest BCUT2D eigenvalue weighted by atomic mass is 9.85. The lowest BCUT2D eigenvalue weighted by Gasteiger charge is -2.34. The number of anilines is 7. The molecule has 4 aliphatic rings. The van der Waals surface area contributed by atoms with Crippen LogP contribution in [0, 0.1) is 13.8 Å². The number of para-hydroxylation sites is 2. The number of aryl methyl sites for hydroxylation is 2. The van der Waals surface area contributed by atoms with Crippen molar-refractivity contribution in [3.63, 3.8) is 0 Å². The molecule has 0 radical (unpaired) electrons. The summed E-state index contributed by atoms with van der Waals surface area (Å²) in [5.74, 6) is 3.85. The number of likely N-dealkylation sites (tertiary alicyclic amines) is 2. The van der Waals surface area contributed by atoms with Crippen molar-refractivity contribution in [2.45, 2.75) is 114 Å². The van der Waals surface area contributed by atoms with Crippen molar-refractivity contribution < 1.29 is 54.8 Å². The first kappa shape index (κ1) is 67.6. The number of aromatic nitrogens is 4. The Bertz CT molecular complexity index is 3820. The van der Waals surface area contributed by atoms with Crippen LogP contribution < -0.4 is 40.6 Å². The second kappa shape index (κ2) is 27.8. The molecule has 2 amide bonds. The SMILES string of the molecule is CN(C)S(=O)(=O)c1ccccc1Nc1nc(Cl)ncc1Cl.Cc1cc(N)c2c(c1C1CCN(C(=O)OC(C)(C)C)CC1)OCO2.Cc1cc(Nc2ncc(Cl)c(Nc3ccccc3S(=O)(=O)N(C)C)n2)c2c(c1C1CCN(C(=O)OC(C)(C)C)CC1)OCO2. The van der Waals surface area contributed by atoms with Gasteiger partial charge in [-0.1, -0.05) is 47.5 Å². The van der Waals surface area contributed by atoms with E-state index in [1.165, 1.54) is 58.3 Å². The Kier molecular flexibility index (Phi) is 21.1. The van der Waals surface area contributed by atoms with Gasteiger partial charge >= 0.3 is 12.2 Å². The number of hydrogen-bond acceptors (Lipinski definition) is 20. The summed E-state index contributed by atoms with van der Waals surface area (Å²) in [5, 5.41) is 9.58. The van der Waals surface area contributed by atoms with E-state index in [0.717, 1.165) is 56.7 Å². The number of fused-ring (bicyclic) bond motifs is 2. The predicted octanol–water partition coefficient (Wildman–Crippen LogP) is 12.2. The molecule has 6 heterocycles. The average Bonchev–Trinajstić information content (AvgIpc) is 1.84. The van der Waals surface area contributed by atoms with E-state index in [9.17, 15) is 26.4 Å². The third-order valence-electron chi connectivity index (χ3n) is 14.4. The summed E-state index contributed by atoms with van der Waals surface area (Å²) >= 11 is 18.1. The molecule has 0 aliphatic carbocycles. The summed E-state index contributed by atoms with van der Waals surface area (Å²) < 4.78 is 86.6. The van der Waals surface area contributed by atoms with Gasteiger partial charge in [-0.2, -0.15) is 9.97 Å². The number of nitrogens with one attached hydrogen (secondary N) is 3. The Hall–Kier alpha value is -7.33. The Labute approximate surface area is 534 Å². The number of hydrogen-bond donors (Lipinski definition) is 4. The van der Waals surface area contributed by atoms with Gasteiger partial charge in [-0.15, -0.1) is 0 Å². The van der Waals surface area contributed by atoms with Crippen molar-refractivity contribution >= 4 is 107 Å². The molecule has 2 fully saturated rings. The average molecular weight is 1330 g/mol. The summed E-state index contributed by atoms with van der Waals surface area (Å²) in [5.41, 5.74) is 11.3. The maximum atomic E-state index is 12.9. The van der Waals surface area contributed by atoms with E-state index in [2.05, 4.69) is 35.9 Å². The summed E-state index contributed by atoms with van der Waals surface area (Å²) in [6.45, 7) is 18.1. The highest BCUT2D eigenvalue weighted by Gasteiger charge is 2.36. The smallest absolute Gasteiger partial charge is 0.410 e. The van der Waals surface area contributed by atoms with E-state index in [1.54, 1.807) is 46.2 Å². The minimum Gasteiger partial charge on any atom is -0.453 e. The number of piperidine rings is 2. The van der Waals surface area contributed by atoms with E-state index in [0.29, 0.717) is 72.1 Å². The fourth-order valence-corrected chi connectivity index (χ4v) is 12.7. The van der Waals surface area contributed by atoms with Crippen LogP contribution in [0.3, 0.4) is 0 Å². The molecule has 24 nitrogen and oxygen atoms in total. The van der Waals surface area contributed by atoms with Crippen molar-refractivity contribution in [3.8, 4) is 23.0 Å². The van der Waals surface area contributed by atoms with Crippen LogP contribution in [0.25, 0.3) is 0 Å². The van der Waals surface area contributed by atoms with Gasteiger partial charge in [-0.05, 0) is 152 Å². The molecule has 0 saturated carbocycles. The largest absolute Gasteiger partial charge is 0.453 e. The molecule has 29 heteroatoms. The number of carbonyl (C=O) groups excluding carboxylic acids is 2. The number of benzene rings is 4. The van der Waals surface area contributed by atoms with E-state index >= 15 is 0 Å².